The molecule has 0 spiro atoms. The molecular weight excluding hydrogens is 483 g/mol. The largest absolute Gasteiger partial charge is 0.333 e. The number of halogens is 4. The number of hydrogen-bond acceptors (Lipinski definition) is 6. The first-order chi connectivity index (χ1) is 15.2. The average molecular weight is 496 g/mol. The van der Waals surface area contributed by atoms with Gasteiger partial charge >= 0.3 is 0 Å². The molecule has 2 N–H and O–H groups in total. The maximum absolute atomic E-state index is 15.2. The van der Waals surface area contributed by atoms with Gasteiger partial charge < -0.3 is 5.32 Å². The summed E-state index contributed by atoms with van der Waals surface area (Å²) in [7, 11) is -4.26. The van der Waals surface area contributed by atoms with E-state index in [0.717, 1.165) is 12.1 Å². The lowest BCUT2D eigenvalue weighted by molar-refractivity contribution is 0.588. The fourth-order valence-corrected chi connectivity index (χ4v) is 4.69. The Hall–Kier alpha value is -3.08. The second-order valence-electron chi connectivity index (χ2n) is 6.63. The zero-order chi connectivity index (χ0) is 23.0. The molecule has 0 aliphatic heterocycles. The fraction of sp³-hybridized carbons (Fsp3) is 0.0500. The molecule has 7 nitrogen and oxygen atoms in total. The summed E-state index contributed by atoms with van der Waals surface area (Å²) in [6.45, 7) is 1.63. The van der Waals surface area contributed by atoms with E-state index in [2.05, 4.69) is 25.0 Å². The molecule has 2 aromatic carbocycles. The van der Waals surface area contributed by atoms with Crippen molar-refractivity contribution >= 4 is 61.5 Å². The van der Waals surface area contributed by atoms with E-state index >= 15 is 4.39 Å². The first-order valence-corrected chi connectivity index (χ1v) is 11.2. The third kappa shape index (κ3) is 4.16. The van der Waals surface area contributed by atoms with Crippen LogP contribution in [0.15, 0.2) is 53.7 Å². The van der Waals surface area contributed by atoms with Gasteiger partial charge in [-0.05, 0) is 42.8 Å². The van der Waals surface area contributed by atoms with E-state index in [1.54, 1.807) is 19.1 Å². The zero-order valence-electron chi connectivity index (χ0n) is 16.2. The van der Waals surface area contributed by atoms with E-state index in [1.807, 2.05) is 0 Å². The first kappa shape index (κ1) is 22.1. The zero-order valence-corrected chi connectivity index (χ0v) is 18.5. The van der Waals surface area contributed by atoms with Gasteiger partial charge in [0.2, 0.25) is 0 Å². The Morgan fingerprint density at radius 3 is 2.56 bits per heavy atom. The maximum atomic E-state index is 15.2. The number of hydrogen-bond donors (Lipinski definition) is 2. The van der Waals surface area contributed by atoms with Crippen LogP contribution in [-0.2, 0) is 10.0 Å². The molecule has 0 atom stereocenters. The van der Waals surface area contributed by atoms with Crippen molar-refractivity contribution in [2.24, 2.45) is 0 Å². The molecular formula is C20H13Cl2F2N5O2S. The van der Waals surface area contributed by atoms with E-state index in [4.69, 9.17) is 23.2 Å². The number of pyridine rings is 1. The van der Waals surface area contributed by atoms with Gasteiger partial charge in [-0.15, -0.1) is 0 Å². The molecule has 0 unspecified atom stereocenters. The standard InChI is InChI=1S/C20H13Cl2F2N5O2S/c1-10-3-2-4-14(16(10)22)32(30,31)29-12-6-5-11(23)18(17(12)24)28-20-19-13(25-9-26-20)7-8-15(21)27-19/h2-9,29H,1H3,(H,25,26,28). The number of nitrogens with one attached hydrogen (secondary N) is 2. The topological polar surface area (TPSA) is 96.9 Å². The lowest BCUT2D eigenvalue weighted by Gasteiger charge is -2.15. The molecule has 12 heteroatoms. The molecule has 2 heterocycles. The van der Waals surface area contributed by atoms with Crippen LogP contribution in [0, 0.1) is 18.6 Å². The van der Waals surface area contributed by atoms with Crippen molar-refractivity contribution in [3.8, 4) is 0 Å². The van der Waals surface area contributed by atoms with Crippen molar-refractivity contribution in [3.63, 3.8) is 0 Å². The minimum absolute atomic E-state index is 0.00345. The van der Waals surface area contributed by atoms with E-state index in [-0.39, 0.29) is 26.4 Å². The normalized spacial score (nSPS) is 11.5. The molecule has 0 saturated heterocycles. The molecule has 0 saturated carbocycles. The van der Waals surface area contributed by atoms with Gasteiger partial charge in [0, 0.05) is 0 Å². The number of nitrogens with zero attached hydrogens (tertiary/aromatic N) is 3. The summed E-state index contributed by atoms with van der Waals surface area (Å²) in [5.41, 5.74) is -0.0357. The lowest BCUT2D eigenvalue weighted by atomic mass is 10.2. The molecule has 0 radical (unpaired) electrons. The van der Waals surface area contributed by atoms with Gasteiger partial charge in [0.25, 0.3) is 10.0 Å². The van der Waals surface area contributed by atoms with Gasteiger partial charge in [-0.1, -0.05) is 35.3 Å². The van der Waals surface area contributed by atoms with Gasteiger partial charge in [-0.25, -0.2) is 32.2 Å². The van der Waals surface area contributed by atoms with E-state index < -0.39 is 33.0 Å². The summed E-state index contributed by atoms with van der Waals surface area (Å²) in [4.78, 5) is 11.8. The van der Waals surface area contributed by atoms with E-state index in [1.165, 1.54) is 24.5 Å². The summed E-state index contributed by atoms with van der Waals surface area (Å²) >= 11 is 12.0. The molecule has 0 aliphatic carbocycles. The van der Waals surface area contributed by atoms with Crippen molar-refractivity contribution in [2.45, 2.75) is 11.8 Å². The maximum Gasteiger partial charge on any atom is 0.263 e. The predicted molar refractivity (Wildman–Crippen MR) is 119 cm³/mol. The summed E-state index contributed by atoms with van der Waals surface area (Å²) in [5.74, 6) is -2.18. The van der Waals surface area contributed by atoms with Gasteiger partial charge in [-0.2, -0.15) is 0 Å². The SMILES string of the molecule is Cc1cccc(S(=O)(=O)Nc2ccc(F)c(Nc3ncnc4ccc(Cl)nc34)c2F)c1Cl. The van der Waals surface area contributed by atoms with Crippen LogP contribution in [0.1, 0.15) is 5.56 Å². The van der Waals surface area contributed by atoms with Crippen LogP contribution >= 0.6 is 23.2 Å². The highest BCUT2D eigenvalue weighted by Crippen LogP contribution is 2.32. The molecule has 164 valence electrons. The Morgan fingerprint density at radius 2 is 1.78 bits per heavy atom. The third-order valence-corrected chi connectivity index (χ3v) is 6.70. The molecule has 0 amide bonds. The summed E-state index contributed by atoms with van der Waals surface area (Å²) in [6, 6.07) is 9.36. The van der Waals surface area contributed by atoms with Crippen LogP contribution in [-0.4, -0.2) is 23.4 Å². The molecule has 2 aromatic heterocycles. The van der Waals surface area contributed by atoms with Crippen molar-refractivity contribution in [3.05, 3.63) is 76.2 Å². The minimum Gasteiger partial charge on any atom is -0.333 e. The first-order valence-electron chi connectivity index (χ1n) is 8.97. The third-order valence-electron chi connectivity index (χ3n) is 4.47. The summed E-state index contributed by atoms with van der Waals surface area (Å²) in [5, 5.41) is 2.64. The van der Waals surface area contributed by atoms with Crippen LogP contribution in [0.3, 0.4) is 0 Å². The van der Waals surface area contributed by atoms with Crippen LogP contribution < -0.4 is 10.0 Å². The molecule has 0 fully saturated rings. The Labute approximate surface area is 191 Å². The number of rotatable bonds is 5. The highest BCUT2D eigenvalue weighted by molar-refractivity contribution is 7.92. The second kappa shape index (κ2) is 8.45. The highest BCUT2D eigenvalue weighted by atomic mass is 35.5. The number of sulfonamides is 1. The van der Waals surface area contributed by atoms with Crippen molar-refractivity contribution < 1.29 is 17.2 Å². The van der Waals surface area contributed by atoms with Crippen molar-refractivity contribution in [1.29, 1.82) is 0 Å². The molecule has 32 heavy (non-hydrogen) atoms. The van der Waals surface area contributed by atoms with Crippen LogP contribution in [0.5, 0.6) is 0 Å². The second-order valence-corrected chi connectivity index (χ2v) is 9.04. The smallest absolute Gasteiger partial charge is 0.263 e. The van der Waals surface area contributed by atoms with Crippen LogP contribution in [0.2, 0.25) is 10.2 Å². The quantitative estimate of drug-likeness (QED) is 0.356. The monoisotopic (exact) mass is 495 g/mol. The van der Waals surface area contributed by atoms with E-state index in [0.29, 0.717) is 11.1 Å². The van der Waals surface area contributed by atoms with Crippen molar-refractivity contribution in [2.75, 3.05) is 10.0 Å². The highest BCUT2D eigenvalue weighted by Gasteiger charge is 2.23. The van der Waals surface area contributed by atoms with Gasteiger partial charge in [0.1, 0.15) is 33.4 Å². The van der Waals surface area contributed by atoms with Gasteiger partial charge in [-0.3, -0.25) is 4.72 Å². The summed E-state index contributed by atoms with van der Waals surface area (Å²) < 4.78 is 57.3. The van der Waals surface area contributed by atoms with Gasteiger partial charge in [0.05, 0.1) is 16.2 Å². The number of aryl methyl sites for hydroxylation is 1. The fourth-order valence-electron chi connectivity index (χ4n) is 2.90. The average Bonchev–Trinajstić information content (AvgIpc) is 2.75. The Morgan fingerprint density at radius 1 is 1.00 bits per heavy atom. The number of benzene rings is 2. The number of anilines is 3. The Bertz CT molecular complexity index is 1470. The van der Waals surface area contributed by atoms with Gasteiger partial charge in [0.15, 0.2) is 11.6 Å². The predicted octanol–water partition coefficient (Wildman–Crippen LogP) is 5.46. The molecule has 0 bridgehead atoms. The molecule has 0 aliphatic rings. The van der Waals surface area contributed by atoms with E-state index in [9.17, 15) is 12.8 Å². The Balaban J connectivity index is 1.75. The van der Waals surface area contributed by atoms with Crippen LogP contribution in [0.25, 0.3) is 11.0 Å². The lowest BCUT2D eigenvalue weighted by Crippen LogP contribution is -2.15. The minimum atomic E-state index is -4.26. The Kier molecular flexibility index (Phi) is 5.85. The van der Waals surface area contributed by atoms with Crippen molar-refractivity contribution in [1.82, 2.24) is 15.0 Å². The number of fused-ring (bicyclic) bond motifs is 1. The van der Waals surface area contributed by atoms with Crippen LogP contribution in [0.4, 0.5) is 26.0 Å². The summed E-state index contributed by atoms with van der Waals surface area (Å²) in [6.07, 6.45) is 1.18. The molecule has 4 rings (SSSR count). The number of aromatic nitrogens is 3. The molecule has 4 aromatic rings.